The molecule has 2 atom stereocenters. The minimum atomic E-state index is 0. The van der Waals surface area contributed by atoms with Gasteiger partial charge >= 0.3 is 0 Å². The molecular formula is C8H22Cl2N2. The highest BCUT2D eigenvalue weighted by molar-refractivity contribution is 5.85. The summed E-state index contributed by atoms with van der Waals surface area (Å²) in [7, 11) is 4.16. The van der Waals surface area contributed by atoms with Crippen LogP contribution in [0.4, 0.5) is 0 Å². The minimum absolute atomic E-state index is 0. The molecule has 0 aliphatic rings. The highest BCUT2D eigenvalue weighted by atomic mass is 35.5. The third-order valence-electron chi connectivity index (χ3n) is 1.86. The highest BCUT2D eigenvalue weighted by Gasteiger charge is 2.10. The van der Waals surface area contributed by atoms with Crippen molar-refractivity contribution in [3.8, 4) is 0 Å². The lowest BCUT2D eigenvalue weighted by molar-refractivity contribution is 0.302. The van der Waals surface area contributed by atoms with Crippen LogP contribution in [0.2, 0.25) is 0 Å². The summed E-state index contributed by atoms with van der Waals surface area (Å²) in [6.07, 6.45) is 1.08. The molecule has 0 aromatic rings. The van der Waals surface area contributed by atoms with E-state index in [-0.39, 0.29) is 24.8 Å². The monoisotopic (exact) mass is 216 g/mol. The average molecular weight is 217 g/mol. The maximum Gasteiger partial charge on any atom is 0.00740 e. The fourth-order valence-electron chi connectivity index (χ4n) is 1.11. The van der Waals surface area contributed by atoms with Gasteiger partial charge in [-0.15, -0.1) is 24.8 Å². The molecule has 0 saturated carbocycles. The van der Waals surface area contributed by atoms with Gasteiger partial charge in [0.2, 0.25) is 0 Å². The molecule has 4 heteroatoms. The van der Waals surface area contributed by atoms with Gasteiger partial charge in [0.15, 0.2) is 0 Å². The SMILES string of the molecule is CCC(N)C(C)CN(C)C.Cl.Cl. The Hall–Kier alpha value is 0.500. The van der Waals surface area contributed by atoms with Crippen LogP contribution in [0.5, 0.6) is 0 Å². The van der Waals surface area contributed by atoms with Crippen molar-refractivity contribution in [2.24, 2.45) is 11.7 Å². The van der Waals surface area contributed by atoms with Gasteiger partial charge in [-0.1, -0.05) is 13.8 Å². The van der Waals surface area contributed by atoms with Gasteiger partial charge in [0.05, 0.1) is 0 Å². The summed E-state index contributed by atoms with van der Waals surface area (Å²) < 4.78 is 0. The first kappa shape index (κ1) is 18.3. The topological polar surface area (TPSA) is 29.3 Å². The fraction of sp³-hybridized carbons (Fsp3) is 1.00. The second-order valence-corrected chi connectivity index (χ2v) is 3.31. The molecule has 0 radical (unpaired) electrons. The second kappa shape index (κ2) is 9.59. The third kappa shape index (κ3) is 8.60. The molecule has 0 saturated heterocycles. The van der Waals surface area contributed by atoms with Crippen LogP contribution in [0, 0.1) is 5.92 Å². The molecule has 2 nitrogen and oxygen atoms in total. The van der Waals surface area contributed by atoms with Crippen LogP contribution in [0.1, 0.15) is 20.3 Å². The summed E-state index contributed by atoms with van der Waals surface area (Å²) in [6.45, 7) is 5.43. The maximum atomic E-state index is 5.84. The Morgan fingerprint density at radius 2 is 1.67 bits per heavy atom. The predicted molar refractivity (Wildman–Crippen MR) is 60.5 cm³/mol. The van der Waals surface area contributed by atoms with Gasteiger partial charge in [0.1, 0.15) is 0 Å². The van der Waals surface area contributed by atoms with Crippen molar-refractivity contribution in [2.45, 2.75) is 26.3 Å². The molecule has 0 bridgehead atoms. The summed E-state index contributed by atoms with van der Waals surface area (Å²) in [6, 6.07) is 0.363. The summed E-state index contributed by atoms with van der Waals surface area (Å²) in [5, 5.41) is 0. The Morgan fingerprint density at radius 3 is 1.92 bits per heavy atom. The smallest absolute Gasteiger partial charge is 0.00740 e. The van der Waals surface area contributed by atoms with Crippen molar-refractivity contribution in [3.05, 3.63) is 0 Å². The van der Waals surface area contributed by atoms with Gasteiger partial charge < -0.3 is 10.6 Å². The van der Waals surface area contributed by atoms with Crippen molar-refractivity contribution in [2.75, 3.05) is 20.6 Å². The summed E-state index contributed by atoms with van der Waals surface area (Å²) >= 11 is 0. The lowest BCUT2D eigenvalue weighted by Crippen LogP contribution is -2.34. The molecule has 0 rings (SSSR count). The van der Waals surface area contributed by atoms with Crippen molar-refractivity contribution in [1.29, 1.82) is 0 Å². The summed E-state index contributed by atoms with van der Waals surface area (Å²) in [5.74, 6) is 0.611. The van der Waals surface area contributed by atoms with Crippen molar-refractivity contribution in [3.63, 3.8) is 0 Å². The number of hydrogen-bond acceptors (Lipinski definition) is 2. The van der Waals surface area contributed by atoms with Crippen LogP contribution in [0.3, 0.4) is 0 Å². The molecule has 0 aliphatic heterocycles. The van der Waals surface area contributed by atoms with Crippen molar-refractivity contribution in [1.82, 2.24) is 4.90 Å². The van der Waals surface area contributed by atoms with E-state index in [0.29, 0.717) is 12.0 Å². The minimum Gasteiger partial charge on any atom is -0.327 e. The fourth-order valence-corrected chi connectivity index (χ4v) is 1.11. The van der Waals surface area contributed by atoms with E-state index in [1.165, 1.54) is 0 Å². The quantitative estimate of drug-likeness (QED) is 0.777. The van der Waals surface area contributed by atoms with E-state index >= 15 is 0 Å². The second-order valence-electron chi connectivity index (χ2n) is 3.31. The lowest BCUT2D eigenvalue weighted by Gasteiger charge is -2.21. The normalized spacial score (nSPS) is 14.5. The van der Waals surface area contributed by atoms with E-state index < -0.39 is 0 Å². The first-order valence-corrected chi connectivity index (χ1v) is 3.98. The Morgan fingerprint density at radius 1 is 1.25 bits per heavy atom. The third-order valence-corrected chi connectivity index (χ3v) is 1.86. The molecule has 0 aliphatic carbocycles. The molecule has 2 N–H and O–H groups in total. The Bertz CT molecular complexity index is 89.1. The molecule has 78 valence electrons. The molecule has 12 heavy (non-hydrogen) atoms. The van der Waals surface area contributed by atoms with E-state index in [9.17, 15) is 0 Å². The number of halogens is 2. The van der Waals surface area contributed by atoms with Crippen LogP contribution < -0.4 is 5.73 Å². The largest absolute Gasteiger partial charge is 0.327 e. The molecule has 2 unspecified atom stereocenters. The van der Waals surface area contributed by atoms with Crippen LogP contribution in [0.15, 0.2) is 0 Å². The maximum absolute atomic E-state index is 5.84. The molecule has 0 aromatic heterocycles. The highest BCUT2D eigenvalue weighted by Crippen LogP contribution is 2.04. The standard InChI is InChI=1S/C8H20N2.2ClH/c1-5-8(9)7(2)6-10(3)4;;/h7-8H,5-6,9H2,1-4H3;2*1H. The van der Waals surface area contributed by atoms with Crippen LogP contribution in [0.25, 0.3) is 0 Å². The zero-order chi connectivity index (χ0) is 8.15. The number of nitrogens with two attached hydrogens (primary N) is 1. The number of hydrogen-bond donors (Lipinski definition) is 1. The Balaban J connectivity index is -0.000000405. The first-order valence-electron chi connectivity index (χ1n) is 3.98. The Kier molecular flexibility index (Phi) is 14.6. The van der Waals surface area contributed by atoms with E-state index in [1.807, 2.05) is 0 Å². The summed E-state index contributed by atoms with van der Waals surface area (Å²) in [4.78, 5) is 2.18. The average Bonchev–Trinajstić information content (AvgIpc) is 1.85. The van der Waals surface area contributed by atoms with Gasteiger partial charge in [-0.3, -0.25) is 0 Å². The number of rotatable bonds is 4. The zero-order valence-electron chi connectivity index (χ0n) is 8.41. The molecule has 0 heterocycles. The van der Waals surface area contributed by atoms with Gasteiger partial charge in [-0.05, 0) is 26.4 Å². The molecular weight excluding hydrogens is 195 g/mol. The Labute approximate surface area is 88.7 Å². The predicted octanol–water partition coefficient (Wildman–Crippen LogP) is 1.76. The number of nitrogens with zero attached hydrogens (tertiary/aromatic N) is 1. The molecule has 0 fully saturated rings. The van der Waals surface area contributed by atoms with Crippen LogP contribution in [-0.2, 0) is 0 Å². The van der Waals surface area contributed by atoms with Gasteiger partial charge in [-0.2, -0.15) is 0 Å². The van der Waals surface area contributed by atoms with E-state index in [4.69, 9.17) is 5.73 Å². The van der Waals surface area contributed by atoms with Crippen molar-refractivity contribution >= 4 is 24.8 Å². The van der Waals surface area contributed by atoms with Gasteiger partial charge in [-0.25, -0.2) is 0 Å². The molecule has 0 amide bonds. The zero-order valence-corrected chi connectivity index (χ0v) is 10.0. The van der Waals surface area contributed by atoms with Crippen LogP contribution >= 0.6 is 24.8 Å². The molecule has 0 spiro atoms. The van der Waals surface area contributed by atoms with E-state index in [1.54, 1.807) is 0 Å². The van der Waals surface area contributed by atoms with E-state index in [0.717, 1.165) is 13.0 Å². The van der Waals surface area contributed by atoms with Crippen LogP contribution in [-0.4, -0.2) is 31.6 Å². The van der Waals surface area contributed by atoms with Gasteiger partial charge in [0, 0.05) is 12.6 Å². The lowest BCUT2D eigenvalue weighted by atomic mass is 10.0. The van der Waals surface area contributed by atoms with Gasteiger partial charge in [0.25, 0.3) is 0 Å². The summed E-state index contributed by atoms with van der Waals surface area (Å²) in [5.41, 5.74) is 5.84. The van der Waals surface area contributed by atoms with Crippen molar-refractivity contribution < 1.29 is 0 Å². The first-order chi connectivity index (χ1) is 4.57. The van der Waals surface area contributed by atoms with E-state index in [2.05, 4.69) is 32.8 Å². The molecule has 0 aromatic carbocycles.